The molecule has 0 spiro atoms. The van der Waals surface area contributed by atoms with E-state index < -0.39 is 0 Å². The average Bonchev–Trinajstić information content (AvgIpc) is 2.21. The molecule has 0 radical (unpaired) electrons. The Hall–Kier alpha value is 0.0500. The van der Waals surface area contributed by atoms with Gasteiger partial charge in [-0.1, -0.05) is 29.3 Å². The molecule has 90 valence electrons. The van der Waals surface area contributed by atoms with Crippen molar-refractivity contribution in [1.29, 1.82) is 0 Å². The molecule has 4 heteroatoms. The lowest BCUT2D eigenvalue weighted by Gasteiger charge is -2.17. The van der Waals surface area contributed by atoms with Crippen molar-refractivity contribution in [1.82, 2.24) is 4.90 Å². The molecule has 0 saturated heterocycles. The number of benzene rings is 1. The molecule has 1 aromatic carbocycles. The molecule has 0 fully saturated rings. The van der Waals surface area contributed by atoms with Crippen LogP contribution in [0, 0.1) is 0 Å². The molecule has 0 aliphatic heterocycles. The molecule has 0 N–H and O–H groups in total. The van der Waals surface area contributed by atoms with Crippen LogP contribution in [0.2, 0.25) is 10.0 Å². The van der Waals surface area contributed by atoms with Gasteiger partial charge in [-0.25, -0.2) is 0 Å². The molecule has 0 heterocycles. The Bertz CT molecular complexity index is 339. The molecule has 0 bridgehead atoms. The Balaban J connectivity index is 2.49. The standard InChI is InChI=1S/C12H16Cl3N/c1-9(13)5-6-16(2)8-10-3-4-11(14)12(15)7-10/h3-4,7,9H,5-6,8H2,1-2H3. The monoisotopic (exact) mass is 279 g/mol. The van der Waals surface area contributed by atoms with Gasteiger partial charge in [0.15, 0.2) is 0 Å². The zero-order valence-electron chi connectivity index (χ0n) is 9.51. The molecular formula is C12H16Cl3N. The van der Waals surface area contributed by atoms with E-state index in [4.69, 9.17) is 34.8 Å². The maximum Gasteiger partial charge on any atom is 0.0595 e. The van der Waals surface area contributed by atoms with Gasteiger partial charge in [0, 0.05) is 11.9 Å². The fraction of sp³-hybridized carbons (Fsp3) is 0.500. The highest BCUT2D eigenvalue weighted by Crippen LogP contribution is 2.23. The van der Waals surface area contributed by atoms with Gasteiger partial charge >= 0.3 is 0 Å². The maximum absolute atomic E-state index is 5.95. The molecule has 0 amide bonds. The molecule has 0 aliphatic carbocycles. The Morgan fingerprint density at radius 2 is 1.94 bits per heavy atom. The minimum absolute atomic E-state index is 0.219. The predicted octanol–water partition coefficient (Wildman–Crippen LogP) is 4.44. The van der Waals surface area contributed by atoms with E-state index in [0.717, 1.165) is 19.5 Å². The second kappa shape index (κ2) is 6.70. The summed E-state index contributed by atoms with van der Waals surface area (Å²) in [5.41, 5.74) is 1.17. The normalized spacial score (nSPS) is 13.1. The Labute approximate surface area is 112 Å². The minimum atomic E-state index is 0.219. The van der Waals surface area contributed by atoms with Crippen molar-refractivity contribution in [2.24, 2.45) is 0 Å². The summed E-state index contributed by atoms with van der Waals surface area (Å²) in [6.07, 6.45) is 0.985. The summed E-state index contributed by atoms with van der Waals surface area (Å²) in [6.45, 7) is 3.85. The van der Waals surface area contributed by atoms with Gasteiger partial charge in [0.25, 0.3) is 0 Å². The van der Waals surface area contributed by atoms with Gasteiger partial charge in [0.05, 0.1) is 10.0 Å². The SMILES string of the molecule is CC(Cl)CCN(C)Cc1ccc(Cl)c(Cl)c1. The van der Waals surface area contributed by atoms with Crippen LogP contribution in [0.4, 0.5) is 0 Å². The van der Waals surface area contributed by atoms with E-state index in [1.165, 1.54) is 5.56 Å². The lowest BCUT2D eigenvalue weighted by molar-refractivity contribution is 0.322. The van der Waals surface area contributed by atoms with Gasteiger partial charge in [0.1, 0.15) is 0 Å². The van der Waals surface area contributed by atoms with E-state index in [0.29, 0.717) is 10.0 Å². The van der Waals surface area contributed by atoms with Crippen molar-refractivity contribution in [2.75, 3.05) is 13.6 Å². The maximum atomic E-state index is 5.95. The Kier molecular flexibility index (Phi) is 5.91. The third-order valence-corrected chi connectivity index (χ3v) is 3.30. The van der Waals surface area contributed by atoms with E-state index in [2.05, 4.69) is 11.9 Å². The van der Waals surface area contributed by atoms with Crippen LogP contribution in [-0.2, 0) is 6.54 Å². The van der Waals surface area contributed by atoms with E-state index in [1.54, 1.807) is 0 Å². The number of alkyl halides is 1. The van der Waals surface area contributed by atoms with Gasteiger partial charge in [-0.15, -0.1) is 11.6 Å². The van der Waals surface area contributed by atoms with E-state index in [1.807, 2.05) is 25.1 Å². The zero-order chi connectivity index (χ0) is 12.1. The lowest BCUT2D eigenvalue weighted by atomic mass is 10.2. The second-order valence-electron chi connectivity index (χ2n) is 4.06. The highest BCUT2D eigenvalue weighted by atomic mass is 35.5. The molecule has 0 aliphatic rings. The highest BCUT2D eigenvalue weighted by Gasteiger charge is 2.04. The number of hydrogen-bond acceptors (Lipinski definition) is 1. The lowest BCUT2D eigenvalue weighted by Crippen LogP contribution is -2.20. The van der Waals surface area contributed by atoms with Gasteiger partial charge in [0.2, 0.25) is 0 Å². The summed E-state index contributed by atoms with van der Waals surface area (Å²) in [7, 11) is 2.07. The van der Waals surface area contributed by atoms with Gasteiger partial charge < -0.3 is 4.90 Å². The van der Waals surface area contributed by atoms with Crippen LogP contribution in [0.15, 0.2) is 18.2 Å². The minimum Gasteiger partial charge on any atom is -0.302 e. The van der Waals surface area contributed by atoms with E-state index in [9.17, 15) is 0 Å². The van der Waals surface area contributed by atoms with Crippen LogP contribution in [0.3, 0.4) is 0 Å². The van der Waals surface area contributed by atoms with E-state index >= 15 is 0 Å². The zero-order valence-corrected chi connectivity index (χ0v) is 11.8. The van der Waals surface area contributed by atoms with Crippen molar-refractivity contribution in [3.05, 3.63) is 33.8 Å². The predicted molar refractivity (Wildman–Crippen MR) is 72.7 cm³/mol. The first-order valence-corrected chi connectivity index (χ1v) is 6.45. The first kappa shape index (κ1) is 14.1. The number of halogens is 3. The highest BCUT2D eigenvalue weighted by molar-refractivity contribution is 6.42. The van der Waals surface area contributed by atoms with Crippen molar-refractivity contribution in [2.45, 2.75) is 25.3 Å². The molecule has 1 atom stereocenters. The number of nitrogens with zero attached hydrogens (tertiary/aromatic N) is 1. The smallest absolute Gasteiger partial charge is 0.0595 e. The quantitative estimate of drug-likeness (QED) is 0.721. The first-order valence-electron chi connectivity index (χ1n) is 5.25. The van der Waals surface area contributed by atoms with Crippen molar-refractivity contribution in [3.63, 3.8) is 0 Å². The summed E-state index contributed by atoms with van der Waals surface area (Å²) in [5.74, 6) is 0. The van der Waals surface area contributed by atoms with Crippen molar-refractivity contribution >= 4 is 34.8 Å². The summed E-state index contributed by atoms with van der Waals surface area (Å²) >= 11 is 17.7. The third-order valence-electron chi connectivity index (χ3n) is 2.35. The summed E-state index contributed by atoms with van der Waals surface area (Å²) in [4.78, 5) is 2.22. The molecular weight excluding hydrogens is 264 g/mol. The van der Waals surface area contributed by atoms with Crippen LogP contribution >= 0.6 is 34.8 Å². The fourth-order valence-electron chi connectivity index (χ4n) is 1.43. The third kappa shape index (κ3) is 4.92. The van der Waals surface area contributed by atoms with Crippen LogP contribution < -0.4 is 0 Å². The van der Waals surface area contributed by atoms with Crippen LogP contribution in [0.1, 0.15) is 18.9 Å². The molecule has 0 aromatic heterocycles. The van der Waals surface area contributed by atoms with E-state index in [-0.39, 0.29) is 5.38 Å². The molecule has 16 heavy (non-hydrogen) atoms. The molecule has 1 unspecified atom stereocenters. The van der Waals surface area contributed by atoms with Gasteiger partial charge in [-0.2, -0.15) is 0 Å². The Morgan fingerprint density at radius 3 is 2.50 bits per heavy atom. The largest absolute Gasteiger partial charge is 0.302 e. The second-order valence-corrected chi connectivity index (χ2v) is 5.62. The molecule has 1 nitrogen and oxygen atoms in total. The molecule has 1 rings (SSSR count). The average molecular weight is 281 g/mol. The number of rotatable bonds is 5. The van der Waals surface area contributed by atoms with Gasteiger partial charge in [-0.3, -0.25) is 0 Å². The summed E-state index contributed by atoms with van der Waals surface area (Å²) in [5, 5.41) is 1.43. The fourth-order valence-corrected chi connectivity index (χ4v) is 1.85. The van der Waals surface area contributed by atoms with Crippen LogP contribution in [0.5, 0.6) is 0 Å². The Morgan fingerprint density at radius 1 is 1.25 bits per heavy atom. The van der Waals surface area contributed by atoms with Crippen molar-refractivity contribution in [3.8, 4) is 0 Å². The molecule has 0 saturated carbocycles. The number of hydrogen-bond donors (Lipinski definition) is 0. The molecule has 1 aromatic rings. The van der Waals surface area contributed by atoms with Crippen LogP contribution in [-0.4, -0.2) is 23.9 Å². The van der Waals surface area contributed by atoms with Gasteiger partial charge in [-0.05, 0) is 44.6 Å². The summed E-state index contributed by atoms with van der Waals surface area (Å²) < 4.78 is 0. The van der Waals surface area contributed by atoms with Crippen LogP contribution in [0.25, 0.3) is 0 Å². The van der Waals surface area contributed by atoms with Crippen molar-refractivity contribution < 1.29 is 0 Å². The summed E-state index contributed by atoms with van der Waals surface area (Å²) in [6, 6.07) is 5.73. The first-order chi connectivity index (χ1) is 7.49. The topological polar surface area (TPSA) is 3.24 Å².